The molecular formula is C23H27N5O5. The van der Waals surface area contributed by atoms with Crippen LogP contribution in [0.5, 0.6) is 5.75 Å². The highest BCUT2D eigenvalue weighted by Crippen LogP contribution is 2.19. The average Bonchev–Trinajstić information content (AvgIpc) is 3.44. The number of aryl methyl sites for hydroxylation is 3. The Kier molecular flexibility index (Phi) is 6.10. The summed E-state index contributed by atoms with van der Waals surface area (Å²) in [6.07, 6.45) is 0.628. The summed E-state index contributed by atoms with van der Waals surface area (Å²) < 4.78 is 15.0. The lowest BCUT2D eigenvalue weighted by Gasteiger charge is -2.16. The van der Waals surface area contributed by atoms with Crippen molar-refractivity contribution in [1.29, 1.82) is 0 Å². The van der Waals surface area contributed by atoms with E-state index in [0.717, 1.165) is 15.7 Å². The number of rotatable bonds is 8. The minimum atomic E-state index is -0.935. The number of aliphatic hydroxyl groups excluding tert-OH is 1. The molecule has 2 N–H and O–H groups in total. The second kappa shape index (κ2) is 8.99. The van der Waals surface area contributed by atoms with Crippen LogP contribution >= 0.6 is 0 Å². The summed E-state index contributed by atoms with van der Waals surface area (Å²) in [5.41, 5.74) is 1.72. The number of nitrogens with one attached hydrogen (secondary N) is 1. The number of hydrogen-bond acceptors (Lipinski definition) is 7. The molecule has 0 bridgehead atoms. The fourth-order valence-corrected chi connectivity index (χ4v) is 3.60. The van der Waals surface area contributed by atoms with Crippen LogP contribution in [0.3, 0.4) is 0 Å². The molecule has 0 aliphatic heterocycles. The summed E-state index contributed by atoms with van der Waals surface area (Å²) in [6.45, 7) is 4.39. The van der Waals surface area contributed by atoms with E-state index >= 15 is 0 Å². The number of fused-ring (bicyclic) bond motifs is 1. The molecule has 1 aromatic carbocycles. The SMILES string of the molecule is Cc1ccc(OC[C@H](O)Cn2c(NCc3ccco3)nc3c2c(=O)n(C)c(=O)n3C)cc1C. The minimum absolute atomic E-state index is 0.0197. The molecule has 4 aromatic rings. The Balaban J connectivity index is 1.64. The van der Waals surface area contributed by atoms with Gasteiger partial charge in [0, 0.05) is 14.1 Å². The first-order valence-electron chi connectivity index (χ1n) is 10.6. The number of imidazole rings is 1. The first-order valence-corrected chi connectivity index (χ1v) is 10.6. The number of aliphatic hydroxyl groups is 1. The quantitative estimate of drug-likeness (QED) is 0.417. The molecule has 0 aliphatic rings. The fourth-order valence-electron chi connectivity index (χ4n) is 3.60. The van der Waals surface area contributed by atoms with Crippen LogP contribution in [0.25, 0.3) is 11.2 Å². The Morgan fingerprint density at radius 3 is 2.64 bits per heavy atom. The van der Waals surface area contributed by atoms with Gasteiger partial charge in [0.1, 0.15) is 24.2 Å². The van der Waals surface area contributed by atoms with Crippen molar-refractivity contribution in [2.24, 2.45) is 14.1 Å². The van der Waals surface area contributed by atoms with Crippen LogP contribution in [0.4, 0.5) is 5.95 Å². The zero-order valence-corrected chi connectivity index (χ0v) is 19.0. The van der Waals surface area contributed by atoms with Gasteiger partial charge in [0.15, 0.2) is 11.2 Å². The lowest BCUT2D eigenvalue weighted by molar-refractivity contribution is 0.0937. The second-order valence-electron chi connectivity index (χ2n) is 8.07. The highest BCUT2D eigenvalue weighted by atomic mass is 16.5. The predicted octanol–water partition coefficient (Wildman–Crippen LogP) is 1.70. The van der Waals surface area contributed by atoms with E-state index in [9.17, 15) is 14.7 Å². The number of hydrogen-bond donors (Lipinski definition) is 2. The maximum absolute atomic E-state index is 12.9. The monoisotopic (exact) mass is 453 g/mol. The van der Waals surface area contributed by atoms with Crippen molar-refractivity contribution in [3.05, 3.63) is 74.3 Å². The van der Waals surface area contributed by atoms with E-state index in [1.165, 1.54) is 11.6 Å². The van der Waals surface area contributed by atoms with Crippen molar-refractivity contribution in [1.82, 2.24) is 18.7 Å². The molecular weight excluding hydrogens is 426 g/mol. The Bertz CT molecular complexity index is 1400. The lowest BCUT2D eigenvalue weighted by Crippen LogP contribution is -2.38. The summed E-state index contributed by atoms with van der Waals surface area (Å²) in [5.74, 6) is 1.67. The summed E-state index contributed by atoms with van der Waals surface area (Å²) in [5, 5.41) is 13.9. The van der Waals surface area contributed by atoms with Crippen molar-refractivity contribution in [3.8, 4) is 5.75 Å². The van der Waals surface area contributed by atoms with Crippen molar-refractivity contribution in [2.45, 2.75) is 33.0 Å². The van der Waals surface area contributed by atoms with E-state index in [1.54, 1.807) is 30.0 Å². The van der Waals surface area contributed by atoms with Gasteiger partial charge in [-0.15, -0.1) is 0 Å². The Hall–Kier alpha value is -3.79. The lowest BCUT2D eigenvalue weighted by atomic mass is 10.1. The van der Waals surface area contributed by atoms with Gasteiger partial charge in [0.05, 0.1) is 19.4 Å². The number of benzene rings is 1. The summed E-state index contributed by atoms with van der Waals surface area (Å²) >= 11 is 0. The number of anilines is 1. The van der Waals surface area contributed by atoms with Crippen LogP contribution in [0.1, 0.15) is 16.9 Å². The molecule has 0 unspecified atom stereocenters. The largest absolute Gasteiger partial charge is 0.491 e. The van der Waals surface area contributed by atoms with Crippen LogP contribution in [-0.4, -0.2) is 36.5 Å². The van der Waals surface area contributed by atoms with Crippen molar-refractivity contribution in [2.75, 3.05) is 11.9 Å². The van der Waals surface area contributed by atoms with Gasteiger partial charge in [0.25, 0.3) is 5.56 Å². The zero-order valence-electron chi connectivity index (χ0n) is 19.0. The first kappa shape index (κ1) is 22.4. The molecule has 33 heavy (non-hydrogen) atoms. The number of aromatic nitrogens is 4. The maximum Gasteiger partial charge on any atom is 0.332 e. The predicted molar refractivity (Wildman–Crippen MR) is 124 cm³/mol. The van der Waals surface area contributed by atoms with E-state index in [1.807, 2.05) is 32.0 Å². The van der Waals surface area contributed by atoms with Gasteiger partial charge >= 0.3 is 5.69 Å². The Morgan fingerprint density at radius 2 is 1.94 bits per heavy atom. The number of ether oxygens (including phenoxy) is 1. The normalized spacial score (nSPS) is 12.3. The third-order valence-corrected chi connectivity index (χ3v) is 5.66. The summed E-state index contributed by atoms with van der Waals surface area (Å²) in [4.78, 5) is 29.8. The van der Waals surface area contributed by atoms with E-state index in [0.29, 0.717) is 24.0 Å². The number of nitrogens with zero attached hydrogens (tertiary/aromatic N) is 4. The van der Waals surface area contributed by atoms with Gasteiger partial charge in [-0.05, 0) is 49.2 Å². The molecule has 174 valence electrons. The minimum Gasteiger partial charge on any atom is -0.491 e. The summed E-state index contributed by atoms with van der Waals surface area (Å²) in [7, 11) is 2.97. The molecule has 3 heterocycles. The fraction of sp³-hybridized carbons (Fsp3) is 0.348. The van der Waals surface area contributed by atoms with E-state index in [2.05, 4.69) is 10.3 Å². The van der Waals surface area contributed by atoms with E-state index in [-0.39, 0.29) is 24.3 Å². The van der Waals surface area contributed by atoms with Gasteiger partial charge in [-0.25, -0.2) is 4.79 Å². The van der Waals surface area contributed by atoms with Gasteiger partial charge < -0.3 is 24.1 Å². The molecule has 3 aromatic heterocycles. The zero-order chi connectivity index (χ0) is 23.7. The van der Waals surface area contributed by atoms with Crippen LogP contribution in [0.15, 0.2) is 50.6 Å². The van der Waals surface area contributed by atoms with Crippen molar-refractivity contribution >= 4 is 17.1 Å². The topological polar surface area (TPSA) is 116 Å². The van der Waals surface area contributed by atoms with Gasteiger partial charge in [-0.1, -0.05) is 6.07 Å². The Labute approximate surface area is 189 Å². The first-order chi connectivity index (χ1) is 15.8. The molecule has 0 saturated carbocycles. The average molecular weight is 453 g/mol. The Morgan fingerprint density at radius 1 is 1.15 bits per heavy atom. The smallest absolute Gasteiger partial charge is 0.332 e. The summed E-state index contributed by atoms with van der Waals surface area (Å²) in [6, 6.07) is 9.30. The van der Waals surface area contributed by atoms with Crippen LogP contribution in [-0.2, 0) is 27.2 Å². The van der Waals surface area contributed by atoms with Crippen LogP contribution < -0.4 is 21.3 Å². The van der Waals surface area contributed by atoms with Gasteiger partial charge in [0.2, 0.25) is 5.95 Å². The molecule has 1 atom stereocenters. The van der Waals surface area contributed by atoms with Crippen molar-refractivity contribution < 1.29 is 14.3 Å². The molecule has 0 fully saturated rings. The third-order valence-electron chi connectivity index (χ3n) is 5.66. The molecule has 0 saturated heterocycles. The van der Waals surface area contributed by atoms with Gasteiger partial charge in [-0.3, -0.25) is 13.9 Å². The van der Waals surface area contributed by atoms with Crippen LogP contribution in [0.2, 0.25) is 0 Å². The molecule has 0 spiro atoms. The number of furan rings is 1. The van der Waals surface area contributed by atoms with Crippen molar-refractivity contribution in [3.63, 3.8) is 0 Å². The highest BCUT2D eigenvalue weighted by molar-refractivity contribution is 5.74. The van der Waals surface area contributed by atoms with Crippen LogP contribution in [0, 0.1) is 13.8 Å². The molecule has 10 nitrogen and oxygen atoms in total. The van der Waals surface area contributed by atoms with E-state index < -0.39 is 17.4 Å². The maximum atomic E-state index is 12.9. The third kappa shape index (κ3) is 4.42. The highest BCUT2D eigenvalue weighted by Gasteiger charge is 2.21. The molecule has 4 rings (SSSR count). The molecule has 10 heteroatoms. The molecule has 0 radical (unpaired) electrons. The second-order valence-corrected chi connectivity index (χ2v) is 8.07. The van der Waals surface area contributed by atoms with Gasteiger partial charge in [-0.2, -0.15) is 4.98 Å². The molecule has 0 amide bonds. The van der Waals surface area contributed by atoms with E-state index in [4.69, 9.17) is 9.15 Å². The standard InChI is InChI=1S/C23H27N5O5/c1-14-7-8-17(10-15(14)2)33-13-16(29)12-28-19-20(26(3)23(31)27(4)21(19)30)25-22(28)24-11-18-6-5-9-32-18/h5-10,16,29H,11-13H2,1-4H3,(H,24,25)/t16-/m1/s1. The molecule has 0 aliphatic carbocycles.